The normalized spacial score (nSPS) is 8.00. The lowest BCUT2D eigenvalue weighted by Gasteiger charge is -1.99. The molecule has 0 aliphatic carbocycles. The van der Waals surface area contributed by atoms with Crippen LogP contribution in [-0.4, -0.2) is 49.2 Å². The zero-order chi connectivity index (χ0) is 13.2. The average molecular weight is 236 g/mol. The fourth-order valence-electron chi connectivity index (χ4n) is 0.407. The smallest absolute Gasteiger partial charge is 0.327 e. The summed E-state index contributed by atoms with van der Waals surface area (Å²) < 4.78 is 10.0. The molecule has 0 bridgehead atoms. The summed E-state index contributed by atoms with van der Waals surface area (Å²) in [5, 5.41) is 15.2. The highest BCUT2D eigenvalue weighted by Gasteiger charge is 1.81. The second kappa shape index (κ2) is 23.7. The van der Waals surface area contributed by atoms with Crippen LogP contribution in [-0.2, 0) is 14.3 Å². The second-order valence-electron chi connectivity index (χ2n) is 2.25. The van der Waals surface area contributed by atoms with Crippen LogP contribution in [0.25, 0.3) is 0 Å². The third-order valence-electron chi connectivity index (χ3n) is 0.955. The Balaban J connectivity index is -0.000000181. The molecule has 0 aliphatic heterocycles. The van der Waals surface area contributed by atoms with Gasteiger partial charge in [0, 0.05) is 25.9 Å². The number of aliphatic hydroxyl groups is 1. The lowest BCUT2D eigenvalue weighted by Crippen LogP contribution is -2.02. The van der Waals surface area contributed by atoms with Gasteiger partial charge in [0.05, 0.1) is 13.2 Å². The third-order valence-corrected chi connectivity index (χ3v) is 0.955. The molecule has 5 heteroatoms. The molecular weight excluding hydrogens is 212 g/mol. The molecule has 0 amide bonds. The van der Waals surface area contributed by atoms with E-state index in [9.17, 15) is 4.79 Å². The third kappa shape index (κ3) is 51.6. The molecule has 0 heterocycles. The number of aliphatic carboxylic acids is 1. The highest BCUT2D eigenvalue weighted by Crippen LogP contribution is 1.75. The topological polar surface area (TPSA) is 76.0 Å². The Labute approximate surface area is 97.7 Å². The van der Waals surface area contributed by atoms with Gasteiger partial charge in [-0.15, -0.1) is 0 Å². The van der Waals surface area contributed by atoms with Crippen LogP contribution in [0.5, 0.6) is 0 Å². The van der Waals surface area contributed by atoms with Gasteiger partial charge in [-0.25, -0.2) is 4.79 Å². The second-order valence-corrected chi connectivity index (χ2v) is 2.25. The lowest BCUT2D eigenvalue weighted by atomic mass is 10.7. The molecule has 0 radical (unpaired) electrons. The summed E-state index contributed by atoms with van der Waals surface area (Å²) in [5.74, 6) is -0.981. The monoisotopic (exact) mass is 236 g/mol. The number of carboxylic acid groups (broad SMARTS) is 1. The van der Waals surface area contributed by atoms with Gasteiger partial charge in [0.1, 0.15) is 0 Å². The number of ether oxygens (including phenoxy) is 2. The van der Waals surface area contributed by atoms with Crippen molar-refractivity contribution in [3.63, 3.8) is 0 Å². The number of hydrogen-bond donors (Lipinski definition) is 2. The first-order valence-corrected chi connectivity index (χ1v) is 5.22. The molecule has 0 fully saturated rings. The van der Waals surface area contributed by atoms with Crippen molar-refractivity contribution in [3.8, 4) is 0 Å². The van der Waals surface area contributed by atoms with Gasteiger partial charge < -0.3 is 19.7 Å². The summed E-state index contributed by atoms with van der Waals surface area (Å²) in [6.07, 6.45) is 0.833. The SMILES string of the molecule is C=CC(=O)O.CCO.CCOCCOCC. The zero-order valence-electron chi connectivity index (χ0n) is 10.4. The Morgan fingerprint density at radius 3 is 1.56 bits per heavy atom. The Kier molecular flexibility index (Phi) is 30.4. The van der Waals surface area contributed by atoms with Crippen molar-refractivity contribution >= 4 is 5.97 Å². The van der Waals surface area contributed by atoms with Gasteiger partial charge >= 0.3 is 5.97 Å². The van der Waals surface area contributed by atoms with Crippen molar-refractivity contribution in [1.82, 2.24) is 0 Å². The Bertz CT molecular complexity index is 130. The van der Waals surface area contributed by atoms with Crippen LogP contribution >= 0.6 is 0 Å². The fraction of sp³-hybridized carbons (Fsp3) is 0.727. The van der Waals surface area contributed by atoms with Crippen molar-refractivity contribution in [3.05, 3.63) is 12.7 Å². The molecule has 0 aromatic rings. The summed E-state index contributed by atoms with van der Waals surface area (Å²) in [6, 6.07) is 0. The molecule has 5 nitrogen and oxygen atoms in total. The van der Waals surface area contributed by atoms with Crippen LogP contribution in [0.15, 0.2) is 12.7 Å². The van der Waals surface area contributed by atoms with Gasteiger partial charge in [-0.1, -0.05) is 6.58 Å². The first-order valence-electron chi connectivity index (χ1n) is 5.22. The highest BCUT2D eigenvalue weighted by molar-refractivity contribution is 5.78. The summed E-state index contributed by atoms with van der Waals surface area (Å²) >= 11 is 0. The predicted molar refractivity (Wildman–Crippen MR) is 63.6 cm³/mol. The largest absolute Gasteiger partial charge is 0.478 e. The van der Waals surface area contributed by atoms with Crippen LogP contribution in [0.2, 0.25) is 0 Å². The molecule has 0 rings (SSSR count). The number of carboxylic acids is 1. The maximum Gasteiger partial charge on any atom is 0.327 e. The molecule has 98 valence electrons. The van der Waals surface area contributed by atoms with Crippen LogP contribution < -0.4 is 0 Å². The van der Waals surface area contributed by atoms with Gasteiger partial charge in [0.15, 0.2) is 0 Å². The molecule has 0 saturated heterocycles. The Morgan fingerprint density at radius 2 is 1.44 bits per heavy atom. The summed E-state index contributed by atoms with van der Waals surface area (Å²) in [6.45, 7) is 11.9. The van der Waals surface area contributed by atoms with Crippen molar-refractivity contribution < 1.29 is 24.5 Å². The molecule has 0 aliphatic rings. The van der Waals surface area contributed by atoms with E-state index in [2.05, 4.69) is 6.58 Å². The van der Waals surface area contributed by atoms with Crippen molar-refractivity contribution in [2.24, 2.45) is 0 Å². The molecule has 0 saturated carbocycles. The molecule has 0 spiro atoms. The Hall–Kier alpha value is -0.910. The van der Waals surface area contributed by atoms with Crippen molar-refractivity contribution in [2.45, 2.75) is 20.8 Å². The van der Waals surface area contributed by atoms with E-state index in [0.717, 1.165) is 32.5 Å². The minimum Gasteiger partial charge on any atom is -0.478 e. The molecule has 0 aromatic heterocycles. The molecule has 0 unspecified atom stereocenters. The van der Waals surface area contributed by atoms with E-state index >= 15 is 0 Å². The average Bonchev–Trinajstić information content (AvgIpc) is 2.26. The van der Waals surface area contributed by atoms with E-state index in [0.29, 0.717) is 0 Å². The summed E-state index contributed by atoms with van der Waals surface area (Å²) in [5.41, 5.74) is 0. The van der Waals surface area contributed by atoms with Gasteiger partial charge in [0.25, 0.3) is 0 Å². The van der Waals surface area contributed by atoms with E-state index < -0.39 is 5.97 Å². The van der Waals surface area contributed by atoms with Crippen molar-refractivity contribution in [1.29, 1.82) is 0 Å². The molecular formula is C11H24O5. The minimum atomic E-state index is -0.981. The van der Waals surface area contributed by atoms with Crippen LogP contribution in [0.3, 0.4) is 0 Å². The molecule has 0 atom stereocenters. The quantitative estimate of drug-likeness (QED) is 0.537. The fourth-order valence-corrected chi connectivity index (χ4v) is 0.407. The van der Waals surface area contributed by atoms with E-state index in [1.165, 1.54) is 0 Å². The van der Waals surface area contributed by atoms with Gasteiger partial charge in [-0.3, -0.25) is 0 Å². The number of rotatable bonds is 6. The standard InChI is InChI=1S/C6H14O2.C3H4O2.C2H6O/c1-3-7-5-6-8-4-2;1-2-3(4)5;1-2-3/h3-6H2,1-2H3;2H,1H2,(H,4,5);3H,2H2,1H3. The molecule has 16 heavy (non-hydrogen) atoms. The first-order chi connectivity index (χ1) is 7.60. The van der Waals surface area contributed by atoms with E-state index in [1.807, 2.05) is 13.8 Å². The van der Waals surface area contributed by atoms with Gasteiger partial charge in [-0.05, 0) is 20.8 Å². The number of hydrogen-bond acceptors (Lipinski definition) is 4. The van der Waals surface area contributed by atoms with E-state index in [-0.39, 0.29) is 6.61 Å². The van der Waals surface area contributed by atoms with E-state index in [4.69, 9.17) is 19.7 Å². The summed E-state index contributed by atoms with van der Waals surface area (Å²) in [4.78, 5) is 9.25. The highest BCUT2D eigenvalue weighted by atomic mass is 16.5. The van der Waals surface area contributed by atoms with Crippen LogP contribution in [0, 0.1) is 0 Å². The lowest BCUT2D eigenvalue weighted by molar-refractivity contribution is -0.131. The predicted octanol–water partition coefficient (Wildman–Crippen LogP) is 1.31. The zero-order valence-corrected chi connectivity index (χ0v) is 10.4. The van der Waals surface area contributed by atoms with Gasteiger partial charge in [-0.2, -0.15) is 0 Å². The Morgan fingerprint density at radius 1 is 1.19 bits per heavy atom. The van der Waals surface area contributed by atoms with Crippen LogP contribution in [0.4, 0.5) is 0 Å². The molecule has 0 aromatic carbocycles. The van der Waals surface area contributed by atoms with Crippen molar-refractivity contribution in [2.75, 3.05) is 33.0 Å². The summed E-state index contributed by atoms with van der Waals surface area (Å²) in [7, 11) is 0. The first kappa shape index (κ1) is 20.5. The molecule has 2 N–H and O–H groups in total. The minimum absolute atomic E-state index is 0.250. The van der Waals surface area contributed by atoms with E-state index in [1.54, 1.807) is 6.92 Å². The maximum absolute atomic E-state index is 9.25. The van der Waals surface area contributed by atoms with Gasteiger partial charge in [0.2, 0.25) is 0 Å². The maximum atomic E-state index is 9.25. The number of carbonyl (C=O) groups is 1. The number of aliphatic hydroxyl groups excluding tert-OH is 1. The van der Waals surface area contributed by atoms with Crippen LogP contribution in [0.1, 0.15) is 20.8 Å².